The van der Waals surface area contributed by atoms with Gasteiger partial charge < -0.3 is 0 Å². The number of alkyl halides is 4. The van der Waals surface area contributed by atoms with Gasteiger partial charge in [-0.15, -0.1) is 11.3 Å². The second-order valence-corrected chi connectivity index (χ2v) is 3.43. The molecule has 0 N–H and O–H groups in total. The van der Waals surface area contributed by atoms with Crippen LogP contribution in [0.5, 0.6) is 0 Å². The largest absolute Gasteiger partial charge is 0.427 e. The van der Waals surface area contributed by atoms with Crippen molar-refractivity contribution >= 4 is 27.3 Å². The number of halogens is 4. The Kier molecular flexibility index (Phi) is 10.6. The minimum Gasteiger partial charge on any atom is -0.248 e. The van der Waals surface area contributed by atoms with Gasteiger partial charge in [-0.25, -0.2) is 4.98 Å². The molecule has 0 aliphatic rings. The van der Waals surface area contributed by atoms with Gasteiger partial charge in [0.1, 0.15) is 9.88 Å². The topological polar surface area (TPSA) is 12.9 Å². The van der Waals surface area contributed by atoms with Crippen molar-refractivity contribution in [3.8, 4) is 0 Å². The smallest absolute Gasteiger partial charge is 0.248 e. The molecule has 0 aromatic carbocycles. The fourth-order valence-electron chi connectivity index (χ4n) is 0.503. The fraction of sp³-hybridized carbons (Fsp3) is 0.667. The van der Waals surface area contributed by atoms with E-state index in [1.807, 2.05) is 27.7 Å². The summed E-state index contributed by atoms with van der Waals surface area (Å²) in [5.41, 5.74) is 0. The highest BCUT2D eigenvalue weighted by Gasteiger charge is 2.32. The first-order valence-corrected chi connectivity index (χ1v) is 6.55. The Labute approximate surface area is 101 Å². The first-order valence-electron chi connectivity index (χ1n) is 4.62. The van der Waals surface area contributed by atoms with Gasteiger partial charge >= 0.3 is 6.18 Å². The van der Waals surface area contributed by atoms with Gasteiger partial charge in [-0.2, -0.15) is 13.2 Å². The van der Waals surface area contributed by atoms with Gasteiger partial charge in [0.2, 0.25) is 0 Å². The Bertz CT molecular complexity index is 248. The molecule has 0 saturated heterocycles. The van der Waals surface area contributed by atoms with E-state index in [9.17, 15) is 13.2 Å². The van der Waals surface area contributed by atoms with E-state index >= 15 is 0 Å². The molecule has 1 heterocycles. The minimum atomic E-state index is -4.25. The van der Waals surface area contributed by atoms with Gasteiger partial charge in [-0.1, -0.05) is 43.6 Å². The van der Waals surface area contributed by atoms with Gasteiger partial charge in [-0.3, -0.25) is 0 Å². The fourth-order valence-corrected chi connectivity index (χ4v) is 1.63. The quantitative estimate of drug-likeness (QED) is 0.657. The molecule has 1 rings (SSSR count). The van der Waals surface area contributed by atoms with Gasteiger partial charge in [-0.05, 0) is 0 Å². The van der Waals surface area contributed by atoms with Crippen molar-refractivity contribution in [2.75, 3.05) is 0 Å². The summed E-state index contributed by atoms with van der Waals surface area (Å²) in [4.78, 5) is 2.91. The van der Waals surface area contributed by atoms with Crippen LogP contribution in [0.1, 0.15) is 37.6 Å². The van der Waals surface area contributed by atoms with Crippen molar-refractivity contribution in [3.05, 3.63) is 16.1 Å². The number of aromatic nitrogens is 1. The Morgan fingerprint density at radius 3 is 1.93 bits per heavy atom. The van der Waals surface area contributed by atoms with E-state index in [0.717, 1.165) is 6.20 Å². The van der Waals surface area contributed by atoms with Crippen LogP contribution >= 0.6 is 27.3 Å². The van der Waals surface area contributed by atoms with E-state index in [1.165, 1.54) is 0 Å². The van der Waals surface area contributed by atoms with Crippen LogP contribution in [0.3, 0.4) is 0 Å². The molecule has 15 heavy (non-hydrogen) atoms. The molecule has 0 unspecified atom stereocenters. The predicted molar refractivity (Wildman–Crippen MR) is 62.4 cm³/mol. The van der Waals surface area contributed by atoms with Gasteiger partial charge in [0.05, 0.1) is 11.5 Å². The maximum Gasteiger partial charge on any atom is 0.427 e. The number of nitrogens with zero attached hydrogens (tertiary/aromatic N) is 1. The highest BCUT2D eigenvalue weighted by molar-refractivity contribution is 9.08. The summed E-state index contributed by atoms with van der Waals surface area (Å²) < 4.78 is 35.7. The zero-order valence-corrected chi connectivity index (χ0v) is 11.6. The molecule has 0 aliphatic heterocycles. The van der Waals surface area contributed by atoms with Crippen LogP contribution in [0.2, 0.25) is 0 Å². The summed E-state index contributed by atoms with van der Waals surface area (Å²) >= 11 is 3.67. The molecule has 6 heteroatoms. The highest BCUT2D eigenvalue weighted by atomic mass is 79.9. The normalized spacial score (nSPS) is 9.60. The molecule has 0 radical (unpaired) electrons. The van der Waals surface area contributed by atoms with Crippen molar-refractivity contribution in [1.29, 1.82) is 0 Å². The molecule has 1 aromatic heterocycles. The lowest BCUT2D eigenvalue weighted by molar-refractivity contribution is -0.134. The molecule has 1 nitrogen and oxygen atoms in total. The monoisotopic (exact) mass is 305 g/mol. The van der Waals surface area contributed by atoms with Gasteiger partial charge in [0.15, 0.2) is 0 Å². The van der Waals surface area contributed by atoms with E-state index in [1.54, 1.807) is 0 Å². The summed E-state index contributed by atoms with van der Waals surface area (Å²) in [5, 5.41) is 0.811. The number of hydrogen-bond acceptors (Lipinski definition) is 2. The van der Waals surface area contributed by atoms with Crippen molar-refractivity contribution in [1.82, 2.24) is 4.98 Å². The zero-order chi connectivity index (χ0) is 12.5. The van der Waals surface area contributed by atoms with E-state index < -0.39 is 11.1 Å². The highest BCUT2D eigenvalue weighted by Crippen LogP contribution is 2.33. The molecule has 0 fully saturated rings. The molecular weight excluding hydrogens is 291 g/mol. The Morgan fingerprint density at radius 2 is 1.73 bits per heavy atom. The van der Waals surface area contributed by atoms with Crippen LogP contribution in [-0.2, 0) is 11.5 Å². The molecular formula is C9H15BrF3NS. The minimum absolute atomic E-state index is 0.369. The number of rotatable bonds is 1. The van der Waals surface area contributed by atoms with Crippen molar-refractivity contribution in [3.63, 3.8) is 0 Å². The van der Waals surface area contributed by atoms with Crippen molar-refractivity contribution in [2.24, 2.45) is 0 Å². The average molecular weight is 306 g/mol. The van der Waals surface area contributed by atoms with E-state index in [2.05, 4.69) is 20.9 Å². The predicted octanol–water partition coefficient (Wildman–Crippen LogP) is 5.11. The number of hydrogen-bond donors (Lipinski definition) is 0. The van der Waals surface area contributed by atoms with E-state index in [-0.39, 0.29) is 0 Å². The first kappa shape index (κ1) is 17.3. The lowest BCUT2D eigenvalue weighted by Gasteiger charge is -1.98. The van der Waals surface area contributed by atoms with Gasteiger partial charge in [0.25, 0.3) is 0 Å². The van der Waals surface area contributed by atoms with Crippen molar-refractivity contribution < 1.29 is 13.2 Å². The Morgan fingerprint density at radius 1 is 1.27 bits per heavy atom. The van der Waals surface area contributed by atoms with Crippen LogP contribution in [0, 0.1) is 0 Å². The van der Waals surface area contributed by atoms with E-state index in [4.69, 9.17) is 0 Å². The molecule has 0 spiro atoms. The molecule has 0 atom stereocenters. The molecule has 0 amide bonds. The third-order valence-corrected chi connectivity index (χ3v) is 2.89. The summed E-state index contributed by atoms with van der Waals surface area (Å²) in [6.45, 7) is 8.00. The lowest BCUT2D eigenvalue weighted by atomic mass is 10.5. The molecule has 90 valence electrons. The lowest BCUT2D eigenvalue weighted by Crippen LogP contribution is -2.00. The molecule has 1 aromatic rings. The Hall–Kier alpha value is -0.100. The summed E-state index contributed by atoms with van der Waals surface area (Å²) in [5.74, 6) is 0. The first-order chi connectivity index (χ1) is 7.04. The third-order valence-electron chi connectivity index (χ3n) is 0.947. The average Bonchev–Trinajstić information content (AvgIpc) is 2.71. The maximum atomic E-state index is 11.9. The molecule has 0 bridgehead atoms. The zero-order valence-electron chi connectivity index (χ0n) is 9.15. The second-order valence-electron chi connectivity index (χ2n) is 1.75. The SMILES string of the molecule is CC.CC.FC(F)(F)c1cnc(CBr)s1. The number of thiazole rings is 1. The van der Waals surface area contributed by atoms with Gasteiger partial charge in [0, 0.05) is 0 Å². The third kappa shape index (κ3) is 6.89. The van der Waals surface area contributed by atoms with Crippen LogP contribution < -0.4 is 0 Å². The maximum absolute atomic E-state index is 11.9. The second kappa shape index (κ2) is 9.15. The molecule has 0 aliphatic carbocycles. The summed E-state index contributed by atoms with van der Waals surface area (Å²) in [6, 6.07) is 0. The summed E-state index contributed by atoms with van der Waals surface area (Å²) in [6.07, 6.45) is -3.40. The van der Waals surface area contributed by atoms with E-state index in [0.29, 0.717) is 21.7 Å². The summed E-state index contributed by atoms with van der Waals surface area (Å²) in [7, 11) is 0. The molecule has 0 saturated carbocycles. The van der Waals surface area contributed by atoms with Crippen LogP contribution in [-0.4, -0.2) is 4.98 Å². The van der Waals surface area contributed by atoms with Crippen LogP contribution in [0.4, 0.5) is 13.2 Å². The Balaban J connectivity index is 0. The van der Waals surface area contributed by atoms with Crippen LogP contribution in [0.15, 0.2) is 6.20 Å². The van der Waals surface area contributed by atoms with Crippen LogP contribution in [0.25, 0.3) is 0 Å². The standard InChI is InChI=1S/C5H3BrF3NS.2C2H6/c6-1-4-10-2-3(11-4)5(7,8)9;2*1-2/h2H,1H2;2*1-2H3. The van der Waals surface area contributed by atoms with Crippen molar-refractivity contribution in [2.45, 2.75) is 39.2 Å².